The first-order valence-electron chi connectivity index (χ1n) is 2.17. The van der Waals surface area contributed by atoms with Crippen molar-refractivity contribution >= 4 is 20.7 Å². The Hall–Kier alpha value is -0.801. The van der Waals surface area contributed by atoms with E-state index < -0.39 is 0 Å². The van der Waals surface area contributed by atoms with E-state index in [9.17, 15) is 0 Å². The van der Waals surface area contributed by atoms with Gasteiger partial charge in [0.05, 0.1) is 6.33 Å². The second kappa shape index (κ2) is 5.34. The van der Waals surface area contributed by atoms with Gasteiger partial charge in [-0.05, 0) is 0 Å². The number of rotatable bonds is 0. The van der Waals surface area contributed by atoms with E-state index in [1.807, 2.05) is 0 Å². The first-order chi connectivity index (χ1) is 4.23. The zero-order valence-electron chi connectivity index (χ0n) is 4.66. The molecular weight excluding hydrogens is 183 g/mol. The summed E-state index contributed by atoms with van der Waals surface area (Å²) < 4.78 is 0.0417. The van der Waals surface area contributed by atoms with Crippen molar-refractivity contribution in [3.63, 3.8) is 0 Å². The molecule has 0 atom stereocenters. The van der Waals surface area contributed by atoms with Crippen LogP contribution in [0.2, 0.25) is 0 Å². The molecule has 49 valence electrons. The third-order valence-corrected chi connectivity index (χ3v) is 0.406. The molecule has 0 amide bonds. The number of nitrogens with zero attached hydrogens (tertiary/aromatic N) is 1. The van der Waals surface area contributed by atoms with Crippen LogP contribution in [0.1, 0.15) is 0 Å². The third-order valence-electron chi connectivity index (χ3n) is 0.406. The van der Waals surface area contributed by atoms with Gasteiger partial charge in [-0.2, -0.15) is 0 Å². The SMILES string of the molecule is N=C(N)[Se].c1c[nH]cn1. The largest absolute Gasteiger partial charge is 0.351 e. The molecule has 4 nitrogen and oxygen atoms in total. The first kappa shape index (κ1) is 8.20. The summed E-state index contributed by atoms with van der Waals surface area (Å²) in [6, 6.07) is 0. The summed E-state index contributed by atoms with van der Waals surface area (Å²) in [6.45, 7) is 0. The number of nitrogens with two attached hydrogens (primary N) is 1. The van der Waals surface area contributed by atoms with Gasteiger partial charge >= 0.3 is 31.9 Å². The van der Waals surface area contributed by atoms with Crippen LogP contribution < -0.4 is 5.73 Å². The first-order valence-corrected chi connectivity index (χ1v) is 3.03. The van der Waals surface area contributed by atoms with Gasteiger partial charge in [0.1, 0.15) is 0 Å². The van der Waals surface area contributed by atoms with E-state index >= 15 is 0 Å². The number of nitrogens with one attached hydrogen (secondary N) is 2. The van der Waals surface area contributed by atoms with Crippen LogP contribution in [0.4, 0.5) is 0 Å². The Morgan fingerprint density at radius 2 is 2.33 bits per heavy atom. The van der Waals surface area contributed by atoms with Crippen molar-refractivity contribution in [2.75, 3.05) is 0 Å². The fourth-order valence-electron chi connectivity index (χ4n) is 0.215. The molecule has 1 heterocycles. The van der Waals surface area contributed by atoms with Crippen molar-refractivity contribution < 1.29 is 0 Å². The zero-order chi connectivity index (χ0) is 7.11. The van der Waals surface area contributed by atoms with Crippen LogP contribution in [0.5, 0.6) is 0 Å². The number of hydrogen-bond donors (Lipinski definition) is 3. The summed E-state index contributed by atoms with van der Waals surface area (Å²) >= 11 is 2.26. The Balaban J connectivity index is 0.000000148. The average molecular weight is 190 g/mol. The summed E-state index contributed by atoms with van der Waals surface area (Å²) in [5.41, 5.74) is 4.64. The molecule has 0 saturated heterocycles. The van der Waals surface area contributed by atoms with Crippen LogP contribution >= 0.6 is 0 Å². The number of aromatic amines is 1. The molecule has 0 bridgehead atoms. The molecule has 1 rings (SSSR count). The summed E-state index contributed by atoms with van der Waals surface area (Å²) in [4.78, 5) is 6.42. The van der Waals surface area contributed by atoms with Gasteiger partial charge in [-0.3, -0.25) is 0 Å². The van der Waals surface area contributed by atoms with Gasteiger partial charge in [-0.1, -0.05) is 0 Å². The third kappa shape index (κ3) is 11.0. The zero-order valence-corrected chi connectivity index (χ0v) is 6.38. The smallest absolute Gasteiger partial charge is 0.0919 e. The molecule has 0 fully saturated rings. The van der Waals surface area contributed by atoms with Gasteiger partial charge in [0.25, 0.3) is 0 Å². The van der Waals surface area contributed by atoms with Crippen LogP contribution in [0.25, 0.3) is 0 Å². The van der Waals surface area contributed by atoms with Crippen molar-refractivity contribution in [1.82, 2.24) is 9.97 Å². The Kier molecular flexibility index (Phi) is 4.86. The van der Waals surface area contributed by atoms with E-state index in [4.69, 9.17) is 5.41 Å². The summed E-state index contributed by atoms with van der Waals surface area (Å²) in [7, 11) is 0. The van der Waals surface area contributed by atoms with Crippen molar-refractivity contribution in [2.24, 2.45) is 5.73 Å². The molecule has 0 spiro atoms. The number of amidine groups is 1. The Morgan fingerprint density at radius 3 is 2.44 bits per heavy atom. The quantitative estimate of drug-likeness (QED) is 0.292. The van der Waals surface area contributed by atoms with Crippen LogP contribution in [0.15, 0.2) is 18.7 Å². The fourth-order valence-corrected chi connectivity index (χ4v) is 0.215. The van der Waals surface area contributed by atoms with E-state index in [1.165, 1.54) is 0 Å². The van der Waals surface area contributed by atoms with Crippen molar-refractivity contribution in [3.05, 3.63) is 18.7 Å². The standard InChI is InChI=1S/C3H4N2.CH3N2Se/c1-2-5-3-4-1;2-1(3)4/h1-3H,(H,4,5);(H3,2,3). The van der Waals surface area contributed by atoms with E-state index in [2.05, 4.69) is 31.7 Å². The van der Waals surface area contributed by atoms with Crippen molar-refractivity contribution in [3.8, 4) is 0 Å². The van der Waals surface area contributed by atoms with Gasteiger partial charge in [-0.25, -0.2) is 4.98 Å². The van der Waals surface area contributed by atoms with Gasteiger partial charge in [0.15, 0.2) is 0 Å². The second-order valence-electron chi connectivity index (χ2n) is 1.12. The number of aromatic nitrogens is 2. The summed E-state index contributed by atoms with van der Waals surface area (Å²) in [5.74, 6) is 0. The van der Waals surface area contributed by atoms with Gasteiger partial charge in [0, 0.05) is 12.4 Å². The van der Waals surface area contributed by atoms with Crippen LogP contribution in [-0.2, 0) is 0 Å². The number of H-pyrrole nitrogens is 1. The van der Waals surface area contributed by atoms with Gasteiger partial charge in [-0.15, -0.1) is 0 Å². The molecule has 0 aliphatic heterocycles. The molecule has 9 heavy (non-hydrogen) atoms. The summed E-state index contributed by atoms with van der Waals surface area (Å²) in [5, 5.41) is 6.22. The van der Waals surface area contributed by atoms with E-state index in [0.29, 0.717) is 0 Å². The Morgan fingerprint density at radius 1 is 1.78 bits per heavy atom. The minimum absolute atomic E-state index is 0.0417. The van der Waals surface area contributed by atoms with Crippen molar-refractivity contribution in [2.45, 2.75) is 0 Å². The molecule has 1 aromatic heterocycles. The topological polar surface area (TPSA) is 78.5 Å². The maximum atomic E-state index is 6.22. The molecule has 0 aromatic carbocycles. The van der Waals surface area contributed by atoms with E-state index in [0.717, 1.165) is 0 Å². The molecule has 0 unspecified atom stereocenters. The summed E-state index contributed by atoms with van der Waals surface area (Å²) in [6.07, 6.45) is 5.08. The minimum Gasteiger partial charge on any atom is -0.351 e. The molecule has 0 aliphatic rings. The average Bonchev–Trinajstić information content (AvgIpc) is 2.11. The number of imidazole rings is 1. The molecule has 5 heteroatoms. The van der Waals surface area contributed by atoms with E-state index in [-0.39, 0.29) is 4.73 Å². The van der Waals surface area contributed by atoms with Crippen LogP contribution in [0.3, 0.4) is 0 Å². The second-order valence-corrected chi connectivity index (χ2v) is 2.05. The predicted molar refractivity (Wildman–Crippen MR) is 36.3 cm³/mol. The van der Waals surface area contributed by atoms with E-state index in [1.54, 1.807) is 18.7 Å². The van der Waals surface area contributed by atoms with Gasteiger partial charge < -0.3 is 4.98 Å². The maximum Gasteiger partial charge on any atom is 0.0919 e. The fraction of sp³-hybridized carbons (Fsp3) is 0. The monoisotopic (exact) mass is 191 g/mol. The molecule has 0 saturated carbocycles. The van der Waals surface area contributed by atoms with Crippen LogP contribution in [0, 0.1) is 5.41 Å². The van der Waals surface area contributed by atoms with Crippen molar-refractivity contribution in [1.29, 1.82) is 5.41 Å². The molecule has 1 aromatic rings. The molecule has 1 radical (unpaired) electrons. The minimum atomic E-state index is 0.0417. The molecule has 4 N–H and O–H groups in total. The Labute approximate surface area is 61.2 Å². The molecular formula is C4H7N4Se. The molecule has 0 aliphatic carbocycles. The maximum absolute atomic E-state index is 6.22. The number of hydrogen-bond acceptors (Lipinski definition) is 2. The Bertz CT molecular complexity index is 126. The normalized spacial score (nSPS) is 7.11. The van der Waals surface area contributed by atoms with Crippen LogP contribution in [-0.4, -0.2) is 30.7 Å². The predicted octanol–water partition coefficient (Wildman–Crippen LogP) is -0.542. The van der Waals surface area contributed by atoms with Gasteiger partial charge in [0.2, 0.25) is 0 Å².